The van der Waals surface area contributed by atoms with Gasteiger partial charge in [-0.3, -0.25) is 19.3 Å². The third-order valence-corrected chi connectivity index (χ3v) is 4.72. The standard InChI is InChI=1S/C20H17ClN2O6/c1-28-16-10-15(14(21)9-13(16)20(27)29-2)22-17(24)7-8-23-18(25)11-5-3-4-6-12(11)19(23)26/h3-6,9-10H,7-8H2,1-2H3,(H,22,24). The molecule has 29 heavy (non-hydrogen) atoms. The van der Waals surface area contributed by atoms with Gasteiger partial charge in [0.15, 0.2) is 0 Å². The smallest absolute Gasteiger partial charge is 0.341 e. The average molecular weight is 417 g/mol. The molecule has 0 radical (unpaired) electrons. The number of amides is 3. The molecule has 0 aromatic heterocycles. The normalized spacial score (nSPS) is 12.6. The highest BCUT2D eigenvalue weighted by molar-refractivity contribution is 6.34. The summed E-state index contributed by atoms with van der Waals surface area (Å²) in [6.07, 6.45) is -0.122. The maximum Gasteiger partial charge on any atom is 0.341 e. The molecular formula is C20H17ClN2O6. The fraction of sp³-hybridized carbons (Fsp3) is 0.200. The van der Waals surface area contributed by atoms with Gasteiger partial charge in [0.25, 0.3) is 11.8 Å². The van der Waals surface area contributed by atoms with Crippen molar-refractivity contribution in [2.24, 2.45) is 0 Å². The molecule has 0 saturated heterocycles. The van der Waals surface area contributed by atoms with Crippen LogP contribution in [0.15, 0.2) is 36.4 Å². The molecular weight excluding hydrogens is 400 g/mol. The fourth-order valence-electron chi connectivity index (χ4n) is 2.96. The summed E-state index contributed by atoms with van der Waals surface area (Å²) in [6.45, 7) is -0.0762. The maximum absolute atomic E-state index is 12.3. The van der Waals surface area contributed by atoms with Crippen molar-refractivity contribution in [1.82, 2.24) is 4.90 Å². The van der Waals surface area contributed by atoms with E-state index in [4.69, 9.17) is 16.3 Å². The summed E-state index contributed by atoms with van der Waals surface area (Å²) in [5.41, 5.74) is 0.987. The van der Waals surface area contributed by atoms with E-state index in [2.05, 4.69) is 10.1 Å². The largest absolute Gasteiger partial charge is 0.496 e. The number of rotatable bonds is 6. The van der Waals surface area contributed by atoms with Crippen LogP contribution in [0.4, 0.5) is 5.69 Å². The Hall–Kier alpha value is -3.39. The number of halogens is 1. The third kappa shape index (κ3) is 3.93. The second-order valence-electron chi connectivity index (χ2n) is 6.13. The van der Waals surface area contributed by atoms with Gasteiger partial charge in [0, 0.05) is 19.0 Å². The summed E-state index contributed by atoms with van der Waals surface area (Å²) in [7, 11) is 2.59. The Morgan fingerprint density at radius 1 is 1.07 bits per heavy atom. The molecule has 1 aliphatic rings. The van der Waals surface area contributed by atoms with Crippen molar-refractivity contribution in [1.29, 1.82) is 0 Å². The Balaban J connectivity index is 1.68. The number of ether oxygens (including phenoxy) is 2. The number of anilines is 1. The minimum atomic E-state index is -0.632. The predicted octanol–water partition coefficient (Wildman–Crippen LogP) is 2.76. The Labute approximate surface area is 171 Å². The second kappa shape index (κ2) is 8.32. The van der Waals surface area contributed by atoms with Gasteiger partial charge in [-0.15, -0.1) is 0 Å². The lowest BCUT2D eigenvalue weighted by Crippen LogP contribution is -2.32. The van der Waals surface area contributed by atoms with Gasteiger partial charge >= 0.3 is 5.97 Å². The molecule has 0 unspecified atom stereocenters. The van der Waals surface area contributed by atoms with Crippen LogP contribution < -0.4 is 10.1 Å². The van der Waals surface area contributed by atoms with Crippen LogP contribution in [0.1, 0.15) is 37.5 Å². The molecule has 0 aliphatic carbocycles. The van der Waals surface area contributed by atoms with Crippen molar-refractivity contribution in [3.8, 4) is 5.75 Å². The number of nitrogens with zero attached hydrogens (tertiary/aromatic N) is 1. The number of methoxy groups -OCH3 is 2. The lowest BCUT2D eigenvalue weighted by molar-refractivity contribution is -0.116. The van der Waals surface area contributed by atoms with Gasteiger partial charge in [-0.05, 0) is 18.2 Å². The zero-order valence-corrected chi connectivity index (χ0v) is 16.4. The van der Waals surface area contributed by atoms with Crippen LogP contribution in [0.3, 0.4) is 0 Å². The first-order chi connectivity index (χ1) is 13.9. The van der Waals surface area contributed by atoms with Crippen molar-refractivity contribution in [2.75, 3.05) is 26.1 Å². The zero-order chi connectivity index (χ0) is 21.1. The van der Waals surface area contributed by atoms with E-state index in [1.54, 1.807) is 24.3 Å². The molecule has 2 aromatic carbocycles. The lowest BCUT2D eigenvalue weighted by atomic mass is 10.1. The van der Waals surface area contributed by atoms with Crippen LogP contribution in [0.5, 0.6) is 5.75 Å². The van der Waals surface area contributed by atoms with Gasteiger partial charge in [0.1, 0.15) is 11.3 Å². The molecule has 3 rings (SSSR count). The van der Waals surface area contributed by atoms with Crippen molar-refractivity contribution in [3.05, 3.63) is 58.1 Å². The molecule has 1 heterocycles. The number of nitrogens with one attached hydrogen (secondary N) is 1. The van der Waals surface area contributed by atoms with Crippen LogP contribution >= 0.6 is 11.6 Å². The molecule has 0 saturated carbocycles. The molecule has 0 bridgehead atoms. The Kier molecular flexibility index (Phi) is 5.84. The predicted molar refractivity (Wildman–Crippen MR) is 104 cm³/mol. The number of carbonyl (C=O) groups is 4. The van der Waals surface area contributed by atoms with Crippen LogP contribution in [-0.2, 0) is 9.53 Å². The summed E-state index contributed by atoms with van der Waals surface area (Å²) in [5.74, 6) is -1.78. The minimum Gasteiger partial charge on any atom is -0.496 e. The van der Waals surface area contributed by atoms with E-state index in [1.165, 1.54) is 26.4 Å². The molecule has 1 N–H and O–H groups in total. The monoisotopic (exact) mass is 416 g/mol. The molecule has 3 amide bonds. The highest BCUT2D eigenvalue weighted by atomic mass is 35.5. The molecule has 0 atom stereocenters. The van der Waals surface area contributed by atoms with Crippen LogP contribution in [0.25, 0.3) is 0 Å². The summed E-state index contributed by atoms with van der Waals surface area (Å²) in [6, 6.07) is 9.22. The average Bonchev–Trinajstić information content (AvgIpc) is 2.97. The Bertz CT molecular complexity index is 985. The van der Waals surface area contributed by atoms with E-state index in [0.29, 0.717) is 11.1 Å². The van der Waals surface area contributed by atoms with Gasteiger partial charge in [-0.25, -0.2) is 4.79 Å². The van der Waals surface area contributed by atoms with Gasteiger partial charge in [-0.2, -0.15) is 0 Å². The first-order valence-corrected chi connectivity index (χ1v) is 8.96. The van der Waals surface area contributed by atoms with E-state index in [1.807, 2.05) is 0 Å². The molecule has 2 aromatic rings. The summed E-state index contributed by atoms with van der Waals surface area (Å²) >= 11 is 6.14. The maximum atomic E-state index is 12.3. The first-order valence-electron chi connectivity index (χ1n) is 8.58. The number of fused-ring (bicyclic) bond motifs is 1. The molecule has 1 aliphatic heterocycles. The Morgan fingerprint density at radius 2 is 1.69 bits per heavy atom. The van der Waals surface area contributed by atoms with Crippen LogP contribution in [-0.4, -0.2) is 49.4 Å². The summed E-state index contributed by atoms with van der Waals surface area (Å²) < 4.78 is 9.81. The van der Waals surface area contributed by atoms with Crippen molar-refractivity contribution < 1.29 is 28.7 Å². The molecule has 150 valence electrons. The van der Waals surface area contributed by atoms with Gasteiger partial charge in [-0.1, -0.05) is 23.7 Å². The Morgan fingerprint density at radius 3 is 2.24 bits per heavy atom. The number of esters is 1. The SMILES string of the molecule is COC(=O)c1cc(Cl)c(NC(=O)CCN2C(=O)c3ccccc3C2=O)cc1OC. The van der Waals surface area contributed by atoms with E-state index < -0.39 is 23.7 Å². The molecule has 0 fully saturated rings. The lowest BCUT2D eigenvalue weighted by Gasteiger charge is -2.15. The topological polar surface area (TPSA) is 102 Å². The van der Waals surface area contributed by atoms with Gasteiger partial charge in [0.05, 0.1) is 36.1 Å². The van der Waals surface area contributed by atoms with Gasteiger partial charge in [0.2, 0.25) is 5.91 Å². The van der Waals surface area contributed by atoms with Crippen LogP contribution in [0.2, 0.25) is 5.02 Å². The zero-order valence-electron chi connectivity index (χ0n) is 15.7. The minimum absolute atomic E-state index is 0.0762. The number of benzene rings is 2. The highest BCUT2D eigenvalue weighted by Crippen LogP contribution is 2.31. The van der Waals surface area contributed by atoms with E-state index in [9.17, 15) is 19.2 Å². The highest BCUT2D eigenvalue weighted by Gasteiger charge is 2.35. The summed E-state index contributed by atoms with van der Waals surface area (Å²) in [5, 5.41) is 2.70. The fourth-order valence-corrected chi connectivity index (χ4v) is 3.17. The van der Waals surface area contributed by atoms with Crippen LogP contribution in [0, 0.1) is 0 Å². The third-order valence-electron chi connectivity index (χ3n) is 4.41. The number of carbonyl (C=O) groups excluding carboxylic acids is 4. The van der Waals surface area contributed by atoms with E-state index in [0.717, 1.165) is 4.90 Å². The van der Waals surface area contributed by atoms with Crippen molar-refractivity contribution >= 4 is 41.0 Å². The summed E-state index contributed by atoms with van der Waals surface area (Å²) in [4.78, 5) is 49.8. The van der Waals surface area contributed by atoms with Crippen molar-refractivity contribution in [2.45, 2.75) is 6.42 Å². The van der Waals surface area contributed by atoms with Crippen molar-refractivity contribution in [3.63, 3.8) is 0 Å². The molecule has 9 heteroatoms. The number of hydrogen-bond acceptors (Lipinski definition) is 6. The molecule has 8 nitrogen and oxygen atoms in total. The second-order valence-corrected chi connectivity index (χ2v) is 6.54. The molecule has 0 spiro atoms. The first kappa shape index (κ1) is 20.3. The van der Waals surface area contributed by atoms with Gasteiger partial charge < -0.3 is 14.8 Å². The van der Waals surface area contributed by atoms with E-state index >= 15 is 0 Å². The number of imide groups is 1. The quantitative estimate of drug-likeness (QED) is 0.574. The number of hydrogen-bond donors (Lipinski definition) is 1. The van der Waals surface area contributed by atoms with E-state index in [-0.39, 0.29) is 35.0 Å².